The summed E-state index contributed by atoms with van der Waals surface area (Å²) in [5.41, 5.74) is 1.51. The number of ether oxygens (including phenoxy) is 2. The molecule has 5 nitrogen and oxygen atoms in total. The number of rotatable bonds is 5. The number of likely N-dealkylation sites (tertiary alicyclic amines) is 1. The zero-order valence-electron chi connectivity index (χ0n) is 21.2. The molecule has 2 N–H and O–H groups in total. The molecule has 1 fully saturated rings. The molecule has 0 aliphatic carbocycles. The normalized spacial score (nSPS) is 22.1. The largest absolute Gasteiger partial charge is 0.508 e. The van der Waals surface area contributed by atoms with E-state index in [1.807, 2.05) is 37.3 Å². The van der Waals surface area contributed by atoms with Crippen molar-refractivity contribution in [3.63, 3.8) is 0 Å². The molecule has 0 amide bonds. The maximum atomic E-state index is 14.2. The maximum Gasteiger partial charge on any atom is 0.171 e. The molecule has 192 valence electrons. The van der Waals surface area contributed by atoms with E-state index in [0.29, 0.717) is 36.1 Å². The third kappa shape index (κ3) is 6.30. The summed E-state index contributed by atoms with van der Waals surface area (Å²) in [6.45, 7) is 9.48. The second-order valence-corrected chi connectivity index (χ2v) is 10.0. The van der Waals surface area contributed by atoms with Crippen molar-refractivity contribution in [2.24, 2.45) is 5.92 Å². The van der Waals surface area contributed by atoms with Gasteiger partial charge in [-0.2, -0.15) is 0 Å². The van der Waals surface area contributed by atoms with Gasteiger partial charge in [-0.05, 0) is 80.1 Å². The fourth-order valence-electron chi connectivity index (χ4n) is 4.87. The smallest absolute Gasteiger partial charge is 0.171 e. The number of halogens is 1. The highest BCUT2D eigenvalue weighted by Gasteiger charge is 2.30. The lowest BCUT2D eigenvalue weighted by molar-refractivity contribution is 0.159. The maximum absolute atomic E-state index is 14.2. The predicted octanol–water partition coefficient (Wildman–Crippen LogP) is 6.66. The molecule has 6 heteroatoms. The highest BCUT2D eigenvalue weighted by molar-refractivity contribution is 5.45. The molecule has 2 aliphatic heterocycles. The Morgan fingerprint density at radius 2 is 1.75 bits per heavy atom. The van der Waals surface area contributed by atoms with E-state index in [9.17, 15) is 9.50 Å². The molecule has 0 radical (unpaired) electrons. The molecule has 2 heterocycles. The Morgan fingerprint density at radius 1 is 1.03 bits per heavy atom. The lowest BCUT2D eigenvalue weighted by Gasteiger charge is -2.31. The van der Waals surface area contributed by atoms with Gasteiger partial charge in [0.1, 0.15) is 30.0 Å². The molecule has 5 rings (SSSR count). The molecule has 1 saturated heterocycles. The minimum absolute atomic E-state index is 0.0320. The molecular formula is C30H36FNO4. The first-order valence-corrected chi connectivity index (χ1v) is 12.7. The topological polar surface area (TPSA) is 62.2 Å². The van der Waals surface area contributed by atoms with Gasteiger partial charge in [-0.25, -0.2) is 4.39 Å². The van der Waals surface area contributed by atoms with E-state index in [2.05, 4.69) is 18.7 Å². The first-order valence-electron chi connectivity index (χ1n) is 12.7. The van der Waals surface area contributed by atoms with Crippen LogP contribution in [0.3, 0.4) is 0 Å². The molecule has 0 unspecified atom stereocenters. The number of fused-ring (bicyclic) bond motifs is 1. The Kier molecular flexibility index (Phi) is 8.36. The zero-order valence-corrected chi connectivity index (χ0v) is 21.2. The van der Waals surface area contributed by atoms with Crippen molar-refractivity contribution in [3.05, 3.63) is 83.7 Å². The monoisotopic (exact) mass is 493 g/mol. The van der Waals surface area contributed by atoms with E-state index in [0.717, 1.165) is 30.3 Å². The fraction of sp³-hybridized carbons (Fsp3) is 0.400. The SMILES string of the molecule is C[C@H]1CCN([C@@H](C)COc2ccc([C@H]3C[C@H](C)c4c(ccc(O)c4F)O3)cc2)C1.Oc1ccccc1. The second-order valence-electron chi connectivity index (χ2n) is 10.0. The van der Waals surface area contributed by atoms with Gasteiger partial charge in [-0.15, -0.1) is 0 Å². The van der Waals surface area contributed by atoms with Crippen LogP contribution < -0.4 is 9.47 Å². The van der Waals surface area contributed by atoms with Crippen LogP contribution in [0.5, 0.6) is 23.0 Å². The van der Waals surface area contributed by atoms with Crippen LogP contribution in [0.25, 0.3) is 0 Å². The summed E-state index contributed by atoms with van der Waals surface area (Å²) in [7, 11) is 0. The lowest BCUT2D eigenvalue weighted by Crippen LogP contribution is -2.35. The van der Waals surface area contributed by atoms with Crippen molar-refractivity contribution in [2.45, 2.75) is 51.7 Å². The predicted molar refractivity (Wildman–Crippen MR) is 139 cm³/mol. The molecule has 2 aliphatic rings. The van der Waals surface area contributed by atoms with Crippen LogP contribution in [0.4, 0.5) is 4.39 Å². The van der Waals surface area contributed by atoms with Crippen molar-refractivity contribution in [1.29, 1.82) is 0 Å². The van der Waals surface area contributed by atoms with Crippen LogP contribution >= 0.6 is 0 Å². The Hall–Kier alpha value is -3.25. The van der Waals surface area contributed by atoms with Crippen LogP contribution in [0.15, 0.2) is 66.7 Å². The molecule has 0 saturated carbocycles. The molecule has 36 heavy (non-hydrogen) atoms. The number of para-hydroxylation sites is 1. The van der Waals surface area contributed by atoms with Gasteiger partial charge in [0.2, 0.25) is 0 Å². The Balaban J connectivity index is 0.000000375. The minimum atomic E-state index is -0.571. The van der Waals surface area contributed by atoms with Crippen molar-refractivity contribution in [2.75, 3.05) is 19.7 Å². The summed E-state index contributed by atoms with van der Waals surface area (Å²) in [6.07, 6.45) is 1.80. The highest BCUT2D eigenvalue weighted by atomic mass is 19.1. The van der Waals surface area contributed by atoms with Gasteiger partial charge in [0.25, 0.3) is 0 Å². The molecular weight excluding hydrogens is 457 g/mol. The summed E-state index contributed by atoms with van der Waals surface area (Å²) in [4.78, 5) is 2.49. The summed E-state index contributed by atoms with van der Waals surface area (Å²) in [5.74, 6) is 1.54. The van der Waals surface area contributed by atoms with Crippen molar-refractivity contribution < 1.29 is 24.1 Å². The average molecular weight is 494 g/mol. The van der Waals surface area contributed by atoms with Gasteiger partial charge < -0.3 is 19.7 Å². The molecule has 4 atom stereocenters. The summed E-state index contributed by atoms with van der Waals surface area (Å²) in [6, 6.07) is 20.1. The van der Waals surface area contributed by atoms with Crippen LogP contribution in [0, 0.1) is 11.7 Å². The van der Waals surface area contributed by atoms with Gasteiger partial charge >= 0.3 is 0 Å². The average Bonchev–Trinajstić information content (AvgIpc) is 3.32. The molecule has 0 bridgehead atoms. The van der Waals surface area contributed by atoms with Crippen molar-refractivity contribution in [3.8, 4) is 23.0 Å². The molecule has 3 aromatic rings. The van der Waals surface area contributed by atoms with Crippen molar-refractivity contribution >= 4 is 0 Å². The number of nitrogens with zero attached hydrogens (tertiary/aromatic N) is 1. The summed E-state index contributed by atoms with van der Waals surface area (Å²) in [5, 5.41) is 18.3. The second kappa shape index (κ2) is 11.7. The van der Waals surface area contributed by atoms with Crippen LogP contribution in [0.2, 0.25) is 0 Å². The number of hydrogen-bond donors (Lipinski definition) is 2. The summed E-state index contributed by atoms with van der Waals surface area (Å²) < 4.78 is 26.3. The lowest BCUT2D eigenvalue weighted by atomic mass is 9.88. The Morgan fingerprint density at radius 3 is 2.36 bits per heavy atom. The van der Waals surface area contributed by atoms with E-state index < -0.39 is 5.82 Å². The zero-order chi connectivity index (χ0) is 25.7. The van der Waals surface area contributed by atoms with E-state index in [1.165, 1.54) is 12.5 Å². The van der Waals surface area contributed by atoms with E-state index in [1.54, 1.807) is 30.3 Å². The van der Waals surface area contributed by atoms with Gasteiger partial charge in [0.05, 0.1) is 0 Å². The van der Waals surface area contributed by atoms with Crippen LogP contribution in [0.1, 0.15) is 56.8 Å². The van der Waals surface area contributed by atoms with Gasteiger partial charge in [-0.1, -0.05) is 44.2 Å². The van der Waals surface area contributed by atoms with Gasteiger partial charge in [0, 0.05) is 18.2 Å². The number of phenolic OH excluding ortho intramolecular Hbond substituents is 2. The van der Waals surface area contributed by atoms with Gasteiger partial charge in [0.15, 0.2) is 11.6 Å². The third-order valence-corrected chi connectivity index (χ3v) is 7.03. The van der Waals surface area contributed by atoms with Crippen LogP contribution in [-0.2, 0) is 0 Å². The number of hydrogen-bond acceptors (Lipinski definition) is 5. The van der Waals surface area contributed by atoms with E-state index in [4.69, 9.17) is 14.6 Å². The standard InChI is InChI=1S/C24H30FNO3.C6H6O/c1-15-10-11-26(13-15)17(3)14-28-19-6-4-18(5-7-19)22-12-16(2)23-21(29-22)9-8-20(27)24(23)25;7-6-4-2-1-3-5-6/h4-9,15-17,22,27H,10-14H2,1-3H3;1-5,7H/t15-,16-,17-,22+;/m0./s1. The molecule has 0 spiro atoms. The Bertz CT molecular complexity index is 1120. The van der Waals surface area contributed by atoms with Crippen LogP contribution in [-0.4, -0.2) is 40.9 Å². The molecule has 3 aromatic carbocycles. The van der Waals surface area contributed by atoms with E-state index in [-0.39, 0.29) is 17.8 Å². The minimum Gasteiger partial charge on any atom is -0.508 e. The number of benzene rings is 3. The molecule has 0 aromatic heterocycles. The summed E-state index contributed by atoms with van der Waals surface area (Å²) >= 11 is 0. The quantitative estimate of drug-likeness (QED) is 0.416. The van der Waals surface area contributed by atoms with Gasteiger partial charge in [-0.3, -0.25) is 4.90 Å². The van der Waals surface area contributed by atoms with Crippen molar-refractivity contribution in [1.82, 2.24) is 4.90 Å². The fourth-order valence-corrected chi connectivity index (χ4v) is 4.87. The number of phenols is 2. The highest BCUT2D eigenvalue weighted by Crippen LogP contribution is 2.45. The first kappa shape index (κ1) is 25.8. The third-order valence-electron chi connectivity index (χ3n) is 7.03. The van der Waals surface area contributed by atoms with E-state index >= 15 is 0 Å². The Labute approximate surface area is 213 Å². The first-order chi connectivity index (χ1) is 17.3. The number of aromatic hydroxyl groups is 2.